The fourth-order valence-electron chi connectivity index (χ4n) is 3.34. The van der Waals surface area contributed by atoms with E-state index in [9.17, 15) is 4.79 Å². The van der Waals surface area contributed by atoms with Crippen molar-refractivity contribution in [2.75, 3.05) is 0 Å². The molecule has 0 aromatic heterocycles. The lowest BCUT2D eigenvalue weighted by atomic mass is 10.0. The van der Waals surface area contributed by atoms with Crippen molar-refractivity contribution in [3.8, 4) is 0 Å². The molecule has 0 saturated heterocycles. The first kappa shape index (κ1) is 17.7. The van der Waals surface area contributed by atoms with Crippen LogP contribution in [0.1, 0.15) is 103 Å². The molecule has 0 aliphatic heterocycles. The van der Waals surface area contributed by atoms with E-state index < -0.39 is 0 Å². The van der Waals surface area contributed by atoms with E-state index in [1.165, 1.54) is 83.5 Å². The molecule has 0 amide bonds. The fraction of sp³-hybridized carbons (Fsp3) is 0.947. The molecule has 0 N–H and O–H groups in total. The predicted molar refractivity (Wildman–Crippen MR) is 87.6 cm³/mol. The molecule has 2 unspecified atom stereocenters. The van der Waals surface area contributed by atoms with Gasteiger partial charge in [-0.2, -0.15) is 0 Å². The second-order valence-electron chi connectivity index (χ2n) is 6.76. The smallest absolute Gasteiger partial charge is 0.198 e. The van der Waals surface area contributed by atoms with E-state index in [2.05, 4.69) is 6.92 Å². The quantitative estimate of drug-likeness (QED) is 0.325. The van der Waals surface area contributed by atoms with Crippen LogP contribution >= 0.6 is 0 Å². The first-order valence-electron chi connectivity index (χ1n) is 9.23. The van der Waals surface area contributed by atoms with Crippen LogP contribution in [0.5, 0.6) is 0 Å². The monoisotopic (exact) mass is 279 g/mol. The molecule has 1 aliphatic rings. The highest BCUT2D eigenvalue weighted by Gasteiger charge is 2.34. The Bertz CT molecular complexity index is 224. The van der Waals surface area contributed by atoms with Gasteiger partial charge < -0.3 is 0 Å². The van der Waals surface area contributed by atoms with Gasteiger partial charge in [-0.25, -0.2) is 0 Å². The van der Waals surface area contributed by atoms with Crippen LogP contribution in [-0.4, -0.2) is 6.29 Å². The Morgan fingerprint density at radius 3 is 1.80 bits per heavy atom. The number of carbonyl (C=O) groups excluding carboxylic acids is 1. The number of unbranched alkanes of at least 4 members (excludes halogenated alkanes) is 10. The summed E-state index contributed by atoms with van der Waals surface area (Å²) in [5, 5.41) is 0. The van der Waals surface area contributed by atoms with Crippen molar-refractivity contribution in [1.82, 2.24) is 0 Å². The van der Waals surface area contributed by atoms with Crippen molar-refractivity contribution in [3.05, 3.63) is 0 Å². The largest absolute Gasteiger partial charge is 0.291 e. The molecule has 1 nitrogen and oxygen atoms in total. The predicted octanol–water partition coefficient (Wildman–Crippen LogP) is 6.21. The van der Waals surface area contributed by atoms with E-state index >= 15 is 0 Å². The van der Waals surface area contributed by atoms with E-state index in [4.69, 9.17) is 0 Å². The molecule has 0 aromatic rings. The van der Waals surface area contributed by atoms with E-state index in [1.54, 1.807) is 0 Å². The molecule has 20 heavy (non-hydrogen) atoms. The Balaban J connectivity index is 1.74. The summed E-state index contributed by atoms with van der Waals surface area (Å²) >= 11 is 0. The highest BCUT2D eigenvalue weighted by Crippen LogP contribution is 2.45. The van der Waals surface area contributed by atoms with Crippen LogP contribution in [0.25, 0.3) is 0 Å². The van der Waals surface area contributed by atoms with E-state index in [0.29, 0.717) is 6.42 Å². The minimum absolute atomic E-state index is 0.640. The lowest BCUT2D eigenvalue weighted by Gasteiger charge is -2.02. The van der Waals surface area contributed by atoms with E-state index in [1.807, 2.05) is 6.29 Å². The molecular weight excluding hydrogens is 244 g/mol. The van der Waals surface area contributed by atoms with Crippen LogP contribution in [0, 0.1) is 11.8 Å². The molecular formula is C19H35O. The molecule has 1 fully saturated rings. The second kappa shape index (κ2) is 12.4. The Morgan fingerprint density at radius 2 is 1.25 bits per heavy atom. The van der Waals surface area contributed by atoms with Crippen LogP contribution in [0.3, 0.4) is 0 Å². The zero-order valence-corrected chi connectivity index (χ0v) is 13.7. The Labute approximate surface area is 126 Å². The Kier molecular flexibility index (Phi) is 11.0. The molecule has 0 spiro atoms. The molecule has 1 heteroatoms. The first-order valence-corrected chi connectivity index (χ1v) is 9.23. The van der Waals surface area contributed by atoms with Gasteiger partial charge in [0.15, 0.2) is 6.29 Å². The molecule has 1 aliphatic carbocycles. The highest BCUT2D eigenvalue weighted by molar-refractivity contribution is 5.50. The van der Waals surface area contributed by atoms with Crippen molar-refractivity contribution < 1.29 is 4.79 Å². The van der Waals surface area contributed by atoms with Crippen LogP contribution in [0.4, 0.5) is 0 Å². The summed E-state index contributed by atoms with van der Waals surface area (Å²) < 4.78 is 0. The van der Waals surface area contributed by atoms with E-state index in [-0.39, 0.29) is 0 Å². The Morgan fingerprint density at radius 1 is 0.750 bits per heavy atom. The summed E-state index contributed by atoms with van der Waals surface area (Å²) in [4.78, 5) is 10.0. The van der Waals surface area contributed by atoms with Gasteiger partial charge >= 0.3 is 0 Å². The topological polar surface area (TPSA) is 17.1 Å². The van der Waals surface area contributed by atoms with Gasteiger partial charge in [0.2, 0.25) is 0 Å². The maximum Gasteiger partial charge on any atom is 0.198 e. The van der Waals surface area contributed by atoms with Crippen LogP contribution in [0.2, 0.25) is 0 Å². The average Bonchev–Trinajstić information content (AvgIpc) is 3.20. The number of hydrogen-bond acceptors (Lipinski definition) is 1. The molecule has 0 heterocycles. The third-order valence-electron chi connectivity index (χ3n) is 4.85. The minimum atomic E-state index is 0.640. The van der Waals surface area contributed by atoms with Gasteiger partial charge in [-0.1, -0.05) is 84.0 Å². The van der Waals surface area contributed by atoms with Crippen molar-refractivity contribution in [1.29, 1.82) is 0 Å². The molecule has 0 bridgehead atoms. The van der Waals surface area contributed by atoms with Gasteiger partial charge in [-0.15, -0.1) is 0 Å². The summed E-state index contributed by atoms with van der Waals surface area (Å²) in [7, 11) is 0. The second-order valence-corrected chi connectivity index (χ2v) is 6.76. The minimum Gasteiger partial charge on any atom is -0.291 e. The van der Waals surface area contributed by atoms with Gasteiger partial charge in [0.25, 0.3) is 0 Å². The summed E-state index contributed by atoms with van der Waals surface area (Å²) in [5.41, 5.74) is 0. The van der Waals surface area contributed by atoms with Crippen LogP contribution in [0.15, 0.2) is 0 Å². The summed E-state index contributed by atoms with van der Waals surface area (Å²) in [6, 6.07) is 0. The van der Waals surface area contributed by atoms with Gasteiger partial charge in [0.1, 0.15) is 0 Å². The normalized spacial score (nSPS) is 21.1. The van der Waals surface area contributed by atoms with Crippen LogP contribution < -0.4 is 0 Å². The third kappa shape index (κ3) is 9.55. The first-order chi connectivity index (χ1) is 9.88. The van der Waals surface area contributed by atoms with Crippen molar-refractivity contribution in [3.63, 3.8) is 0 Å². The summed E-state index contributed by atoms with van der Waals surface area (Å²) in [5.74, 6) is 2.20. The van der Waals surface area contributed by atoms with Gasteiger partial charge in [-0.05, 0) is 24.7 Å². The average molecular weight is 279 g/mol. The molecule has 1 radical (unpaired) electrons. The zero-order chi connectivity index (χ0) is 14.5. The van der Waals surface area contributed by atoms with E-state index in [0.717, 1.165) is 18.3 Å². The third-order valence-corrected chi connectivity index (χ3v) is 4.85. The van der Waals surface area contributed by atoms with Gasteiger partial charge in [0, 0.05) is 6.42 Å². The van der Waals surface area contributed by atoms with Gasteiger partial charge in [0.05, 0.1) is 0 Å². The summed E-state index contributed by atoms with van der Waals surface area (Å²) in [6.07, 6.45) is 22.1. The van der Waals surface area contributed by atoms with Crippen molar-refractivity contribution in [2.24, 2.45) is 11.8 Å². The van der Waals surface area contributed by atoms with Gasteiger partial charge in [-0.3, -0.25) is 4.79 Å². The maximum atomic E-state index is 10.0. The number of rotatable bonds is 15. The van der Waals surface area contributed by atoms with Crippen molar-refractivity contribution >= 4 is 6.29 Å². The van der Waals surface area contributed by atoms with Crippen molar-refractivity contribution in [2.45, 2.75) is 103 Å². The van der Waals surface area contributed by atoms with Crippen LogP contribution in [-0.2, 0) is 4.79 Å². The lowest BCUT2D eigenvalue weighted by Crippen LogP contribution is -1.86. The molecule has 117 valence electrons. The molecule has 2 atom stereocenters. The molecule has 1 saturated carbocycles. The zero-order valence-electron chi connectivity index (χ0n) is 13.7. The maximum absolute atomic E-state index is 10.0. The standard InChI is InChI=1S/C19H35O/c1-2-3-4-11-14-18-17-19(18)15-12-9-7-5-6-8-10-13-16-20/h18-19H,2-15,17H2,1H3. The lowest BCUT2D eigenvalue weighted by molar-refractivity contribution is 0.515. The highest BCUT2D eigenvalue weighted by atomic mass is 16.1. The molecule has 0 aromatic carbocycles. The SMILES string of the molecule is CCCCCCC1CC1CCCCCCCCC[C]=O. The Hall–Kier alpha value is -0.330. The summed E-state index contributed by atoms with van der Waals surface area (Å²) in [6.45, 7) is 2.29. The fourth-order valence-corrected chi connectivity index (χ4v) is 3.34. The number of hydrogen-bond donors (Lipinski definition) is 0. The molecule has 1 rings (SSSR count).